The van der Waals surface area contributed by atoms with E-state index in [4.69, 9.17) is 16.7 Å². The summed E-state index contributed by atoms with van der Waals surface area (Å²) in [5.74, 6) is -1.33. The Labute approximate surface area is 105 Å². The number of hydrogen-bond donors (Lipinski definition) is 1. The summed E-state index contributed by atoms with van der Waals surface area (Å²) in [6.07, 6.45) is 1.13. The van der Waals surface area contributed by atoms with Crippen LogP contribution >= 0.6 is 11.6 Å². The zero-order chi connectivity index (χ0) is 13.3. The molecule has 0 aliphatic carbocycles. The molecule has 1 aromatic heterocycles. The number of carbonyl (C=O) groups is 1. The van der Waals surface area contributed by atoms with Crippen LogP contribution in [0.3, 0.4) is 0 Å². The molecule has 7 heteroatoms. The van der Waals surface area contributed by atoms with Gasteiger partial charge in [0.25, 0.3) is 0 Å². The van der Waals surface area contributed by atoms with E-state index in [0.29, 0.717) is 10.9 Å². The fourth-order valence-electron chi connectivity index (χ4n) is 1.43. The van der Waals surface area contributed by atoms with Gasteiger partial charge in [-0.3, -0.25) is 4.98 Å². The standard InChI is InChI=1S/C11H6ClF2NO3/c12-7-2-5-1-6(10(16)17)4-15-8(5)3-9(7)18-11(13)14/h1-4,11H,(H,16,17). The molecule has 0 aliphatic rings. The van der Waals surface area contributed by atoms with Crippen molar-refractivity contribution in [1.29, 1.82) is 0 Å². The van der Waals surface area contributed by atoms with Crippen LogP contribution in [0.15, 0.2) is 24.4 Å². The van der Waals surface area contributed by atoms with Crippen LogP contribution in [0.2, 0.25) is 5.02 Å². The van der Waals surface area contributed by atoms with Crippen LogP contribution in [-0.4, -0.2) is 22.7 Å². The smallest absolute Gasteiger partial charge is 0.387 e. The zero-order valence-electron chi connectivity index (χ0n) is 8.73. The maximum Gasteiger partial charge on any atom is 0.387 e. The summed E-state index contributed by atoms with van der Waals surface area (Å²) >= 11 is 5.75. The van der Waals surface area contributed by atoms with Crippen molar-refractivity contribution in [2.24, 2.45) is 0 Å². The average molecular weight is 274 g/mol. The molecule has 0 saturated heterocycles. The molecular weight excluding hydrogens is 268 g/mol. The van der Waals surface area contributed by atoms with E-state index in [1.165, 1.54) is 18.2 Å². The number of nitrogens with zero attached hydrogens (tertiary/aromatic N) is 1. The van der Waals surface area contributed by atoms with Gasteiger partial charge in [0.2, 0.25) is 0 Å². The van der Waals surface area contributed by atoms with E-state index in [2.05, 4.69) is 9.72 Å². The lowest BCUT2D eigenvalue weighted by molar-refractivity contribution is -0.0497. The number of ether oxygens (including phenoxy) is 1. The highest BCUT2D eigenvalue weighted by Gasteiger charge is 2.12. The summed E-state index contributed by atoms with van der Waals surface area (Å²) < 4.78 is 28.4. The number of rotatable bonds is 3. The summed E-state index contributed by atoms with van der Waals surface area (Å²) in [7, 11) is 0. The number of carboxylic acid groups (broad SMARTS) is 1. The van der Waals surface area contributed by atoms with Crippen molar-refractivity contribution in [3.63, 3.8) is 0 Å². The van der Waals surface area contributed by atoms with Gasteiger partial charge in [0.1, 0.15) is 5.75 Å². The highest BCUT2D eigenvalue weighted by molar-refractivity contribution is 6.32. The van der Waals surface area contributed by atoms with Crippen LogP contribution in [0, 0.1) is 0 Å². The zero-order valence-corrected chi connectivity index (χ0v) is 9.49. The molecule has 2 aromatic rings. The minimum absolute atomic E-state index is 0.0129. The first-order valence-electron chi connectivity index (χ1n) is 4.75. The normalized spacial score (nSPS) is 10.9. The summed E-state index contributed by atoms with van der Waals surface area (Å²) in [4.78, 5) is 14.6. The maximum absolute atomic E-state index is 12.1. The van der Waals surface area contributed by atoms with Gasteiger partial charge in [0, 0.05) is 17.6 Å². The molecule has 94 valence electrons. The molecule has 1 N–H and O–H groups in total. The van der Waals surface area contributed by atoms with E-state index in [1.54, 1.807) is 0 Å². The van der Waals surface area contributed by atoms with Gasteiger partial charge in [-0.2, -0.15) is 8.78 Å². The monoisotopic (exact) mass is 273 g/mol. The van der Waals surface area contributed by atoms with Crippen LogP contribution < -0.4 is 4.74 Å². The van der Waals surface area contributed by atoms with Crippen LogP contribution in [0.1, 0.15) is 10.4 Å². The maximum atomic E-state index is 12.1. The quantitative estimate of drug-likeness (QED) is 0.933. The van der Waals surface area contributed by atoms with Crippen molar-refractivity contribution >= 4 is 28.5 Å². The highest BCUT2D eigenvalue weighted by Crippen LogP contribution is 2.30. The van der Waals surface area contributed by atoms with Crippen LogP contribution in [-0.2, 0) is 0 Å². The van der Waals surface area contributed by atoms with Gasteiger partial charge in [-0.15, -0.1) is 0 Å². The van der Waals surface area contributed by atoms with Crippen molar-refractivity contribution in [3.05, 3.63) is 35.0 Å². The van der Waals surface area contributed by atoms with Crippen LogP contribution in [0.5, 0.6) is 5.75 Å². The Bertz CT molecular complexity index is 619. The largest absolute Gasteiger partial charge is 0.478 e. The van der Waals surface area contributed by atoms with E-state index < -0.39 is 12.6 Å². The number of aromatic carboxylic acids is 1. The van der Waals surface area contributed by atoms with E-state index in [-0.39, 0.29) is 16.3 Å². The first kappa shape index (κ1) is 12.5. The number of fused-ring (bicyclic) bond motifs is 1. The molecular formula is C11H6ClF2NO3. The van der Waals surface area contributed by atoms with Gasteiger partial charge < -0.3 is 9.84 Å². The van der Waals surface area contributed by atoms with E-state index >= 15 is 0 Å². The van der Waals surface area contributed by atoms with Gasteiger partial charge in [0.05, 0.1) is 16.1 Å². The molecule has 0 radical (unpaired) electrons. The van der Waals surface area contributed by atoms with Crippen molar-refractivity contribution in [2.45, 2.75) is 6.61 Å². The van der Waals surface area contributed by atoms with Crippen LogP contribution in [0.4, 0.5) is 8.78 Å². The SMILES string of the molecule is O=C(O)c1cnc2cc(OC(F)F)c(Cl)cc2c1. The molecule has 2 rings (SSSR count). The number of hydrogen-bond acceptors (Lipinski definition) is 3. The molecule has 18 heavy (non-hydrogen) atoms. The highest BCUT2D eigenvalue weighted by atomic mass is 35.5. The lowest BCUT2D eigenvalue weighted by atomic mass is 10.1. The molecule has 0 aliphatic heterocycles. The Morgan fingerprint density at radius 3 is 2.72 bits per heavy atom. The first-order valence-corrected chi connectivity index (χ1v) is 5.12. The van der Waals surface area contributed by atoms with E-state index in [9.17, 15) is 13.6 Å². The third-order valence-corrected chi connectivity index (χ3v) is 2.49. The number of halogens is 3. The fraction of sp³-hybridized carbons (Fsp3) is 0.0909. The van der Waals surface area contributed by atoms with Crippen LogP contribution in [0.25, 0.3) is 10.9 Å². The third kappa shape index (κ3) is 2.48. The third-order valence-electron chi connectivity index (χ3n) is 2.20. The molecule has 0 saturated carbocycles. The van der Waals surface area contributed by atoms with Crippen molar-refractivity contribution in [1.82, 2.24) is 4.98 Å². The van der Waals surface area contributed by atoms with Gasteiger partial charge in [-0.1, -0.05) is 11.6 Å². The van der Waals surface area contributed by atoms with Gasteiger partial charge in [0.15, 0.2) is 0 Å². The lowest BCUT2D eigenvalue weighted by Crippen LogP contribution is -2.03. The van der Waals surface area contributed by atoms with Crippen molar-refractivity contribution in [2.75, 3.05) is 0 Å². The summed E-state index contributed by atoms with van der Waals surface area (Å²) in [6.45, 7) is -2.99. The molecule has 4 nitrogen and oxygen atoms in total. The average Bonchev–Trinajstić information content (AvgIpc) is 2.28. The Balaban J connectivity index is 2.53. The Kier molecular flexibility index (Phi) is 3.29. The second-order valence-electron chi connectivity index (χ2n) is 3.38. The second-order valence-corrected chi connectivity index (χ2v) is 3.79. The predicted octanol–water partition coefficient (Wildman–Crippen LogP) is 3.19. The molecule has 1 aromatic carbocycles. The van der Waals surface area contributed by atoms with E-state index in [1.807, 2.05) is 0 Å². The summed E-state index contributed by atoms with van der Waals surface area (Å²) in [6, 6.07) is 3.91. The fourth-order valence-corrected chi connectivity index (χ4v) is 1.65. The Morgan fingerprint density at radius 1 is 1.39 bits per heavy atom. The number of benzene rings is 1. The molecule has 0 spiro atoms. The number of alkyl halides is 2. The van der Waals surface area contributed by atoms with Gasteiger partial charge in [-0.25, -0.2) is 4.79 Å². The first-order chi connectivity index (χ1) is 8.47. The number of carboxylic acids is 1. The minimum Gasteiger partial charge on any atom is -0.478 e. The topological polar surface area (TPSA) is 59.4 Å². The molecule has 1 heterocycles. The summed E-state index contributed by atoms with van der Waals surface area (Å²) in [5, 5.41) is 9.19. The Morgan fingerprint density at radius 2 is 2.11 bits per heavy atom. The minimum atomic E-state index is -2.99. The molecule has 0 bridgehead atoms. The van der Waals surface area contributed by atoms with E-state index in [0.717, 1.165) is 6.20 Å². The van der Waals surface area contributed by atoms with Crippen molar-refractivity contribution in [3.8, 4) is 5.75 Å². The second kappa shape index (κ2) is 4.73. The lowest BCUT2D eigenvalue weighted by Gasteiger charge is -2.08. The van der Waals surface area contributed by atoms with Gasteiger partial charge >= 0.3 is 12.6 Å². The van der Waals surface area contributed by atoms with Gasteiger partial charge in [-0.05, 0) is 12.1 Å². The molecule has 0 amide bonds. The Hall–Kier alpha value is -1.95. The number of pyridine rings is 1. The molecule has 0 atom stereocenters. The molecule has 0 unspecified atom stereocenters. The number of aromatic nitrogens is 1. The predicted molar refractivity (Wildman–Crippen MR) is 60.3 cm³/mol. The summed E-state index contributed by atoms with van der Waals surface area (Å²) in [5.41, 5.74) is 0.307. The molecule has 0 fully saturated rings. The van der Waals surface area contributed by atoms with Crippen molar-refractivity contribution < 1.29 is 23.4 Å².